The quantitative estimate of drug-likeness (QED) is 0.765. The first kappa shape index (κ1) is 16.2. The molecular weight excluding hydrogens is 226 g/mol. The fourth-order valence-corrected chi connectivity index (χ4v) is 1.59. The number of hydrogen-bond acceptors (Lipinski definition) is 2. The zero-order valence-corrected chi connectivity index (χ0v) is 12.1. The molecule has 2 aromatic rings. The molecule has 0 aliphatic heterocycles. The van der Waals surface area contributed by atoms with E-state index in [4.69, 9.17) is 0 Å². The Morgan fingerprint density at radius 1 is 1.17 bits per heavy atom. The normalized spacial score (nSPS) is 8.78. The smallest absolute Gasteiger partial charge is 0.337 e. The SMILES string of the molecule is CC.CC.COC(=O)c1cc(C)c2cc[nH]c2c1. The minimum absolute atomic E-state index is 0.301. The molecule has 100 valence electrons. The molecule has 0 saturated carbocycles. The molecule has 0 aliphatic carbocycles. The molecule has 0 radical (unpaired) electrons. The highest BCUT2D eigenvalue weighted by atomic mass is 16.5. The van der Waals surface area contributed by atoms with Crippen molar-refractivity contribution in [1.82, 2.24) is 4.98 Å². The molecule has 1 heterocycles. The zero-order chi connectivity index (χ0) is 14.1. The van der Waals surface area contributed by atoms with Crippen molar-refractivity contribution in [2.75, 3.05) is 7.11 Å². The average molecular weight is 249 g/mol. The lowest BCUT2D eigenvalue weighted by atomic mass is 10.1. The molecule has 0 fully saturated rings. The number of benzene rings is 1. The van der Waals surface area contributed by atoms with Crippen LogP contribution in [0.25, 0.3) is 10.9 Å². The Bertz CT molecular complexity index is 486. The van der Waals surface area contributed by atoms with E-state index in [-0.39, 0.29) is 5.97 Å². The lowest BCUT2D eigenvalue weighted by molar-refractivity contribution is 0.0601. The van der Waals surface area contributed by atoms with E-state index in [2.05, 4.69) is 9.72 Å². The van der Waals surface area contributed by atoms with E-state index in [1.807, 2.05) is 52.9 Å². The minimum atomic E-state index is -0.301. The van der Waals surface area contributed by atoms with Crippen LogP contribution in [-0.2, 0) is 4.74 Å². The van der Waals surface area contributed by atoms with E-state index in [9.17, 15) is 4.79 Å². The molecule has 2 rings (SSSR count). The largest absolute Gasteiger partial charge is 0.465 e. The molecule has 0 aliphatic rings. The first-order chi connectivity index (χ1) is 8.72. The molecule has 1 N–H and O–H groups in total. The van der Waals surface area contributed by atoms with Gasteiger partial charge in [0.05, 0.1) is 12.7 Å². The van der Waals surface area contributed by atoms with Crippen molar-refractivity contribution in [1.29, 1.82) is 0 Å². The van der Waals surface area contributed by atoms with Crippen LogP contribution >= 0.6 is 0 Å². The van der Waals surface area contributed by atoms with Crippen LogP contribution in [0.15, 0.2) is 24.4 Å². The van der Waals surface area contributed by atoms with E-state index in [0.717, 1.165) is 16.5 Å². The van der Waals surface area contributed by atoms with Crippen molar-refractivity contribution in [3.05, 3.63) is 35.5 Å². The minimum Gasteiger partial charge on any atom is -0.465 e. The van der Waals surface area contributed by atoms with Crippen LogP contribution < -0.4 is 0 Å². The molecule has 0 bridgehead atoms. The highest BCUT2D eigenvalue weighted by Gasteiger charge is 2.08. The van der Waals surface area contributed by atoms with Gasteiger partial charge in [-0.25, -0.2) is 4.79 Å². The third kappa shape index (κ3) is 3.62. The molecule has 18 heavy (non-hydrogen) atoms. The maximum atomic E-state index is 11.3. The van der Waals surface area contributed by atoms with Gasteiger partial charge in [-0.1, -0.05) is 27.7 Å². The summed E-state index contributed by atoms with van der Waals surface area (Å²) in [4.78, 5) is 14.4. The van der Waals surface area contributed by atoms with Crippen LogP contribution in [0.1, 0.15) is 43.6 Å². The average Bonchev–Trinajstić information content (AvgIpc) is 2.91. The Morgan fingerprint density at radius 3 is 2.33 bits per heavy atom. The number of rotatable bonds is 1. The van der Waals surface area contributed by atoms with Crippen molar-refractivity contribution >= 4 is 16.9 Å². The van der Waals surface area contributed by atoms with E-state index in [0.29, 0.717) is 5.56 Å². The Balaban J connectivity index is 0.000000659. The van der Waals surface area contributed by atoms with Crippen LogP contribution in [-0.4, -0.2) is 18.1 Å². The third-order valence-electron chi connectivity index (χ3n) is 2.30. The summed E-state index contributed by atoms with van der Waals surface area (Å²) in [5.41, 5.74) is 2.62. The summed E-state index contributed by atoms with van der Waals surface area (Å²) in [7, 11) is 1.39. The Hall–Kier alpha value is -1.77. The lowest BCUT2D eigenvalue weighted by Gasteiger charge is -2.02. The van der Waals surface area contributed by atoms with E-state index in [1.54, 1.807) is 6.07 Å². The number of carbonyl (C=O) groups is 1. The second kappa shape index (κ2) is 8.34. The zero-order valence-electron chi connectivity index (χ0n) is 12.1. The Morgan fingerprint density at radius 2 is 1.78 bits per heavy atom. The summed E-state index contributed by atoms with van der Waals surface area (Å²) < 4.78 is 4.66. The Labute approximate surface area is 109 Å². The van der Waals surface area contributed by atoms with Crippen LogP contribution in [0.4, 0.5) is 0 Å². The summed E-state index contributed by atoms with van der Waals surface area (Å²) in [5.74, 6) is -0.301. The fraction of sp³-hybridized carbons (Fsp3) is 0.400. The summed E-state index contributed by atoms with van der Waals surface area (Å²) in [6, 6.07) is 5.63. The van der Waals surface area contributed by atoms with Crippen LogP contribution in [0, 0.1) is 6.92 Å². The number of aryl methyl sites for hydroxylation is 1. The molecule has 3 nitrogen and oxygen atoms in total. The Kier molecular flexibility index (Phi) is 7.52. The second-order valence-electron chi connectivity index (χ2n) is 3.22. The first-order valence-corrected chi connectivity index (χ1v) is 6.38. The van der Waals surface area contributed by atoms with E-state index < -0.39 is 0 Å². The second-order valence-corrected chi connectivity index (χ2v) is 3.22. The molecule has 1 aromatic carbocycles. The van der Waals surface area contributed by atoms with Crippen molar-refractivity contribution < 1.29 is 9.53 Å². The molecule has 3 heteroatoms. The predicted molar refractivity (Wildman–Crippen MR) is 77.1 cm³/mol. The number of methoxy groups -OCH3 is 1. The van der Waals surface area contributed by atoms with Crippen molar-refractivity contribution in [2.45, 2.75) is 34.6 Å². The van der Waals surface area contributed by atoms with E-state index >= 15 is 0 Å². The van der Waals surface area contributed by atoms with Crippen molar-refractivity contribution in [3.8, 4) is 0 Å². The highest BCUT2D eigenvalue weighted by Crippen LogP contribution is 2.19. The van der Waals surface area contributed by atoms with Gasteiger partial charge in [0.25, 0.3) is 0 Å². The molecule has 0 spiro atoms. The van der Waals surface area contributed by atoms with Gasteiger partial charge in [0.15, 0.2) is 0 Å². The van der Waals surface area contributed by atoms with E-state index in [1.165, 1.54) is 7.11 Å². The number of nitrogens with one attached hydrogen (secondary N) is 1. The molecule has 0 unspecified atom stereocenters. The van der Waals surface area contributed by atoms with Crippen molar-refractivity contribution in [3.63, 3.8) is 0 Å². The predicted octanol–water partition coefficient (Wildman–Crippen LogP) is 4.32. The number of ether oxygens (including phenoxy) is 1. The molecule has 1 aromatic heterocycles. The van der Waals surface area contributed by atoms with Gasteiger partial charge in [0.2, 0.25) is 0 Å². The molecule has 0 amide bonds. The van der Waals surface area contributed by atoms with Gasteiger partial charge in [-0.3, -0.25) is 0 Å². The number of H-pyrrole nitrogens is 1. The van der Waals surface area contributed by atoms with Gasteiger partial charge in [0, 0.05) is 17.1 Å². The topological polar surface area (TPSA) is 42.1 Å². The maximum absolute atomic E-state index is 11.3. The lowest BCUT2D eigenvalue weighted by Crippen LogP contribution is -2.01. The monoisotopic (exact) mass is 249 g/mol. The first-order valence-electron chi connectivity index (χ1n) is 6.38. The molecular formula is C15H23NO2. The summed E-state index contributed by atoms with van der Waals surface area (Å²) in [6.07, 6.45) is 1.86. The van der Waals surface area contributed by atoms with Crippen LogP contribution in [0.5, 0.6) is 0 Å². The van der Waals surface area contributed by atoms with Crippen molar-refractivity contribution in [2.24, 2.45) is 0 Å². The third-order valence-corrected chi connectivity index (χ3v) is 2.30. The van der Waals surface area contributed by atoms with Gasteiger partial charge in [0.1, 0.15) is 0 Å². The highest BCUT2D eigenvalue weighted by molar-refractivity contribution is 5.95. The van der Waals surface area contributed by atoms with Gasteiger partial charge >= 0.3 is 5.97 Å². The molecule has 0 atom stereocenters. The van der Waals surface area contributed by atoms with Gasteiger partial charge in [-0.2, -0.15) is 0 Å². The summed E-state index contributed by atoms with van der Waals surface area (Å²) in [5, 5.41) is 1.14. The summed E-state index contributed by atoms with van der Waals surface area (Å²) in [6.45, 7) is 9.97. The number of aromatic nitrogens is 1. The number of carbonyl (C=O) groups excluding carboxylic acids is 1. The fourth-order valence-electron chi connectivity index (χ4n) is 1.59. The van der Waals surface area contributed by atoms with Gasteiger partial charge < -0.3 is 9.72 Å². The number of esters is 1. The number of fused-ring (bicyclic) bond motifs is 1. The standard InChI is InChI=1S/C11H11NO2.2C2H6/c1-7-5-8(11(13)14-2)6-10-9(7)3-4-12-10;2*1-2/h3-6,12H,1-2H3;2*1-2H3. The van der Waals surface area contributed by atoms with Gasteiger partial charge in [-0.15, -0.1) is 0 Å². The maximum Gasteiger partial charge on any atom is 0.337 e. The summed E-state index contributed by atoms with van der Waals surface area (Å²) >= 11 is 0. The number of aromatic amines is 1. The molecule has 0 saturated heterocycles. The van der Waals surface area contributed by atoms with Crippen LogP contribution in [0.3, 0.4) is 0 Å². The van der Waals surface area contributed by atoms with Crippen LogP contribution in [0.2, 0.25) is 0 Å². The number of hydrogen-bond donors (Lipinski definition) is 1. The van der Waals surface area contributed by atoms with Gasteiger partial charge in [-0.05, 0) is 30.7 Å².